The van der Waals surface area contributed by atoms with Gasteiger partial charge in [0.05, 0.1) is 0 Å². The van der Waals surface area contributed by atoms with E-state index in [0.717, 1.165) is 18.3 Å². The van der Waals surface area contributed by atoms with Crippen LogP contribution in [0.25, 0.3) is 0 Å². The van der Waals surface area contributed by atoms with Gasteiger partial charge in [0.1, 0.15) is 0 Å². The number of nitrogens with one attached hydrogen (secondary N) is 1. The summed E-state index contributed by atoms with van der Waals surface area (Å²) in [6, 6.07) is 4.65. The van der Waals surface area contributed by atoms with E-state index in [1.807, 2.05) is 0 Å². The lowest BCUT2D eigenvalue weighted by Gasteiger charge is -2.21. The predicted octanol–water partition coefficient (Wildman–Crippen LogP) is 3.99. The van der Waals surface area contributed by atoms with Crippen LogP contribution in [0, 0.1) is 20.8 Å². The number of hydrogen-bond acceptors (Lipinski definition) is 2. The molecule has 1 heterocycles. The van der Waals surface area contributed by atoms with Crippen LogP contribution in [0.4, 0.5) is 0 Å². The normalized spacial score (nSPS) is 20.1. The minimum absolute atomic E-state index is 0.839. The third-order valence-electron chi connectivity index (χ3n) is 3.91. The summed E-state index contributed by atoms with van der Waals surface area (Å²) in [5, 5.41) is 4.48. The second kappa shape index (κ2) is 6.63. The van der Waals surface area contributed by atoms with E-state index in [9.17, 15) is 0 Å². The van der Waals surface area contributed by atoms with Crippen molar-refractivity contribution in [1.82, 2.24) is 5.32 Å². The van der Waals surface area contributed by atoms with E-state index in [4.69, 9.17) is 0 Å². The molecule has 0 saturated carbocycles. The molecule has 1 aromatic rings. The Morgan fingerprint density at radius 1 is 1.11 bits per heavy atom. The molecular formula is C16H25NS. The number of rotatable bonds is 4. The summed E-state index contributed by atoms with van der Waals surface area (Å²) in [7, 11) is 0. The van der Waals surface area contributed by atoms with Gasteiger partial charge in [-0.05, 0) is 61.6 Å². The molecule has 1 N–H and O–H groups in total. The second-order valence-corrected chi connectivity index (χ2v) is 6.89. The molecule has 2 heteroatoms. The van der Waals surface area contributed by atoms with Gasteiger partial charge in [0.2, 0.25) is 0 Å². The van der Waals surface area contributed by atoms with Gasteiger partial charge in [0.25, 0.3) is 0 Å². The van der Waals surface area contributed by atoms with Gasteiger partial charge >= 0.3 is 0 Å². The third kappa shape index (κ3) is 3.76. The Labute approximate surface area is 116 Å². The molecule has 1 aromatic carbocycles. The average molecular weight is 263 g/mol. The summed E-state index contributed by atoms with van der Waals surface area (Å²) < 4.78 is 0. The van der Waals surface area contributed by atoms with Crippen molar-refractivity contribution in [3.05, 3.63) is 34.4 Å². The van der Waals surface area contributed by atoms with Gasteiger partial charge in [0, 0.05) is 18.3 Å². The maximum Gasteiger partial charge on any atom is 0.0208 e. The zero-order chi connectivity index (χ0) is 13.0. The molecule has 0 spiro atoms. The first-order chi connectivity index (χ1) is 8.66. The molecule has 0 radical (unpaired) electrons. The van der Waals surface area contributed by atoms with Gasteiger partial charge in [-0.15, -0.1) is 0 Å². The Morgan fingerprint density at radius 3 is 2.61 bits per heavy atom. The molecule has 0 aliphatic carbocycles. The fourth-order valence-electron chi connectivity index (χ4n) is 2.55. The zero-order valence-electron chi connectivity index (χ0n) is 11.9. The Balaban J connectivity index is 1.84. The quantitative estimate of drug-likeness (QED) is 0.881. The van der Waals surface area contributed by atoms with Gasteiger partial charge in [-0.3, -0.25) is 0 Å². The van der Waals surface area contributed by atoms with Gasteiger partial charge in [0.15, 0.2) is 0 Å². The maximum absolute atomic E-state index is 3.64. The van der Waals surface area contributed by atoms with Crippen LogP contribution in [-0.2, 0) is 6.54 Å². The summed E-state index contributed by atoms with van der Waals surface area (Å²) in [5.74, 6) is 1.36. The molecular weight excluding hydrogens is 238 g/mol. The Kier molecular flexibility index (Phi) is 5.13. The minimum atomic E-state index is 0.839. The van der Waals surface area contributed by atoms with Crippen LogP contribution in [0.5, 0.6) is 0 Å². The SMILES string of the molecule is Cc1cc(C)c(CNCC2CCCCS2)cc1C. The van der Waals surface area contributed by atoms with Crippen LogP contribution in [0.3, 0.4) is 0 Å². The fraction of sp³-hybridized carbons (Fsp3) is 0.625. The first kappa shape index (κ1) is 14.0. The third-order valence-corrected chi connectivity index (χ3v) is 5.31. The molecule has 2 rings (SSSR count). The molecule has 1 saturated heterocycles. The molecule has 0 aromatic heterocycles. The first-order valence-electron chi connectivity index (χ1n) is 7.06. The van der Waals surface area contributed by atoms with Crippen LogP contribution >= 0.6 is 11.8 Å². The topological polar surface area (TPSA) is 12.0 Å². The van der Waals surface area contributed by atoms with Crippen LogP contribution in [0.2, 0.25) is 0 Å². The highest BCUT2D eigenvalue weighted by Gasteiger charge is 2.13. The monoisotopic (exact) mass is 263 g/mol. The molecule has 0 bridgehead atoms. The van der Waals surface area contributed by atoms with E-state index in [1.165, 1.54) is 47.3 Å². The van der Waals surface area contributed by atoms with Crippen molar-refractivity contribution < 1.29 is 0 Å². The van der Waals surface area contributed by atoms with Crippen molar-refractivity contribution >= 4 is 11.8 Å². The lowest BCUT2D eigenvalue weighted by Crippen LogP contribution is -2.26. The standard InChI is InChI=1S/C16H25NS/c1-12-8-14(3)15(9-13(12)2)10-17-11-16-6-4-5-7-18-16/h8-9,16-17H,4-7,10-11H2,1-3H3. The van der Waals surface area contributed by atoms with Crippen molar-refractivity contribution in [2.75, 3.05) is 12.3 Å². The van der Waals surface area contributed by atoms with Crippen molar-refractivity contribution in [3.8, 4) is 0 Å². The van der Waals surface area contributed by atoms with E-state index in [-0.39, 0.29) is 0 Å². The number of aryl methyl sites for hydroxylation is 3. The van der Waals surface area contributed by atoms with E-state index < -0.39 is 0 Å². The molecule has 0 amide bonds. The molecule has 1 nitrogen and oxygen atoms in total. The minimum Gasteiger partial charge on any atom is -0.312 e. The van der Waals surface area contributed by atoms with Crippen molar-refractivity contribution in [2.45, 2.75) is 51.8 Å². The number of benzene rings is 1. The molecule has 18 heavy (non-hydrogen) atoms. The van der Waals surface area contributed by atoms with E-state index in [1.54, 1.807) is 0 Å². The highest BCUT2D eigenvalue weighted by atomic mass is 32.2. The summed E-state index contributed by atoms with van der Waals surface area (Å²) >= 11 is 2.15. The van der Waals surface area contributed by atoms with Crippen LogP contribution < -0.4 is 5.32 Å². The maximum atomic E-state index is 3.64. The summed E-state index contributed by atoms with van der Waals surface area (Å²) in [5.41, 5.74) is 5.68. The molecule has 1 fully saturated rings. The Morgan fingerprint density at radius 2 is 1.89 bits per heavy atom. The van der Waals surface area contributed by atoms with Crippen LogP contribution in [0.1, 0.15) is 41.5 Å². The van der Waals surface area contributed by atoms with E-state index >= 15 is 0 Å². The lowest BCUT2D eigenvalue weighted by molar-refractivity contribution is 0.597. The molecule has 100 valence electrons. The number of thioether (sulfide) groups is 1. The Hall–Kier alpha value is -0.470. The molecule has 1 aliphatic rings. The molecule has 1 aliphatic heterocycles. The van der Waals surface area contributed by atoms with Gasteiger partial charge in [-0.25, -0.2) is 0 Å². The summed E-state index contributed by atoms with van der Waals surface area (Å²) in [6.07, 6.45) is 4.23. The van der Waals surface area contributed by atoms with Crippen LogP contribution in [0.15, 0.2) is 12.1 Å². The Bertz CT molecular complexity index is 394. The first-order valence-corrected chi connectivity index (χ1v) is 8.10. The number of hydrogen-bond donors (Lipinski definition) is 1. The smallest absolute Gasteiger partial charge is 0.0208 e. The van der Waals surface area contributed by atoms with Gasteiger partial charge in [-0.2, -0.15) is 11.8 Å². The van der Waals surface area contributed by atoms with Gasteiger partial charge < -0.3 is 5.32 Å². The second-order valence-electron chi connectivity index (χ2n) is 5.48. The van der Waals surface area contributed by atoms with Crippen molar-refractivity contribution in [3.63, 3.8) is 0 Å². The summed E-state index contributed by atoms with van der Waals surface area (Å²) in [6.45, 7) is 8.80. The average Bonchev–Trinajstić information content (AvgIpc) is 2.37. The predicted molar refractivity (Wildman–Crippen MR) is 82.5 cm³/mol. The largest absolute Gasteiger partial charge is 0.312 e. The molecule has 1 unspecified atom stereocenters. The van der Waals surface area contributed by atoms with Gasteiger partial charge in [-0.1, -0.05) is 18.6 Å². The molecule has 1 atom stereocenters. The highest BCUT2D eigenvalue weighted by molar-refractivity contribution is 7.99. The van der Waals surface area contributed by atoms with E-state index in [0.29, 0.717) is 0 Å². The van der Waals surface area contributed by atoms with Crippen molar-refractivity contribution in [2.24, 2.45) is 0 Å². The fourth-order valence-corrected chi connectivity index (χ4v) is 3.82. The zero-order valence-corrected chi connectivity index (χ0v) is 12.7. The van der Waals surface area contributed by atoms with Crippen LogP contribution in [-0.4, -0.2) is 17.5 Å². The van der Waals surface area contributed by atoms with E-state index in [2.05, 4.69) is 50.0 Å². The highest BCUT2D eigenvalue weighted by Crippen LogP contribution is 2.24. The van der Waals surface area contributed by atoms with Crippen molar-refractivity contribution in [1.29, 1.82) is 0 Å². The lowest BCUT2D eigenvalue weighted by atomic mass is 10.0. The summed E-state index contributed by atoms with van der Waals surface area (Å²) in [4.78, 5) is 0.